The fraction of sp³-hybridized carbons (Fsp3) is 0.471. The number of ether oxygens (including phenoxy) is 1. The largest absolute Gasteiger partial charge is 0.395 e. The molecule has 1 atom stereocenters. The van der Waals surface area contributed by atoms with Crippen molar-refractivity contribution >= 4 is 5.91 Å². The maximum Gasteiger partial charge on any atom is 0.251 e. The lowest BCUT2D eigenvalue weighted by Crippen LogP contribution is -2.33. The molecule has 1 aliphatic rings. The van der Waals surface area contributed by atoms with Gasteiger partial charge in [0.15, 0.2) is 0 Å². The molecule has 112 valence electrons. The van der Waals surface area contributed by atoms with Crippen molar-refractivity contribution in [3.63, 3.8) is 0 Å². The van der Waals surface area contributed by atoms with Crippen molar-refractivity contribution in [3.05, 3.63) is 35.4 Å². The van der Waals surface area contributed by atoms with Crippen LogP contribution < -0.4 is 5.32 Å². The SMILES string of the molecule is O=C(NCC1CCCOC1)c1cccc(C#CCCO)c1. The third-order valence-corrected chi connectivity index (χ3v) is 3.40. The van der Waals surface area contributed by atoms with E-state index in [1.165, 1.54) is 0 Å². The molecule has 0 saturated carbocycles. The van der Waals surface area contributed by atoms with Gasteiger partial charge in [0.1, 0.15) is 0 Å². The van der Waals surface area contributed by atoms with Gasteiger partial charge in [0.25, 0.3) is 5.91 Å². The highest BCUT2D eigenvalue weighted by Gasteiger charge is 2.15. The Bertz CT molecular complexity index is 524. The molecule has 1 fully saturated rings. The Kier molecular flexibility index (Phi) is 6.26. The number of aliphatic hydroxyl groups is 1. The van der Waals surface area contributed by atoms with Crippen molar-refractivity contribution in [1.82, 2.24) is 5.32 Å². The number of carbonyl (C=O) groups excluding carboxylic acids is 1. The predicted octanol–water partition coefficient (Wildman–Crippen LogP) is 1.58. The zero-order valence-electron chi connectivity index (χ0n) is 12.1. The second-order valence-electron chi connectivity index (χ2n) is 5.15. The van der Waals surface area contributed by atoms with E-state index in [0.29, 0.717) is 24.4 Å². The summed E-state index contributed by atoms with van der Waals surface area (Å²) in [6.07, 6.45) is 2.61. The van der Waals surface area contributed by atoms with Crippen molar-refractivity contribution in [2.45, 2.75) is 19.3 Å². The Morgan fingerprint density at radius 1 is 1.48 bits per heavy atom. The van der Waals surface area contributed by atoms with Crippen LogP contribution in [0.3, 0.4) is 0 Å². The molecule has 2 rings (SSSR count). The van der Waals surface area contributed by atoms with Crippen molar-refractivity contribution in [3.8, 4) is 11.8 Å². The van der Waals surface area contributed by atoms with E-state index in [-0.39, 0.29) is 12.5 Å². The normalized spacial score (nSPS) is 17.7. The molecule has 1 aliphatic heterocycles. The predicted molar refractivity (Wildman–Crippen MR) is 80.9 cm³/mol. The van der Waals surface area contributed by atoms with Gasteiger partial charge in [-0.15, -0.1) is 0 Å². The highest BCUT2D eigenvalue weighted by Crippen LogP contribution is 2.12. The summed E-state index contributed by atoms with van der Waals surface area (Å²) in [5.74, 6) is 6.12. The van der Waals surface area contributed by atoms with E-state index in [1.54, 1.807) is 12.1 Å². The number of hydrogen-bond acceptors (Lipinski definition) is 3. The number of benzene rings is 1. The maximum absolute atomic E-state index is 12.1. The van der Waals surface area contributed by atoms with Crippen molar-refractivity contribution in [2.75, 3.05) is 26.4 Å². The van der Waals surface area contributed by atoms with E-state index in [0.717, 1.165) is 31.6 Å². The highest BCUT2D eigenvalue weighted by molar-refractivity contribution is 5.94. The van der Waals surface area contributed by atoms with E-state index in [2.05, 4.69) is 17.2 Å². The average molecular weight is 287 g/mol. The quantitative estimate of drug-likeness (QED) is 0.827. The average Bonchev–Trinajstić information content (AvgIpc) is 2.54. The zero-order chi connectivity index (χ0) is 14.9. The van der Waals surface area contributed by atoms with Crippen LogP contribution in [0.1, 0.15) is 35.2 Å². The van der Waals surface area contributed by atoms with Gasteiger partial charge in [0.05, 0.1) is 13.2 Å². The molecule has 21 heavy (non-hydrogen) atoms. The molecule has 0 radical (unpaired) electrons. The van der Waals surface area contributed by atoms with Crippen LogP contribution in [0.2, 0.25) is 0 Å². The first kappa shape index (κ1) is 15.6. The highest BCUT2D eigenvalue weighted by atomic mass is 16.5. The molecule has 0 aromatic heterocycles. The molecule has 1 saturated heterocycles. The van der Waals surface area contributed by atoms with Crippen molar-refractivity contribution in [1.29, 1.82) is 0 Å². The van der Waals surface area contributed by atoms with Crippen LogP contribution in [0.5, 0.6) is 0 Å². The topological polar surface area (TPSA) is 58.6 Å². The monoisotopic (exact) mass is 287 g/mol. The number of nitrogens with one attached hydrogen (secondary N) is 1. The third-order valence-electron chi connectivity index (χ3n) is 3.40. The second-order valence-corrected chi connectivity index (χ2v) is 5.15. The summed E-state index contributed by atoms with van der Waals surface area (Å²) in [5, 5.41) is 11.7. The Hall–Kier alpha value is -1.83. The van der Waals surface area contributed by atoms with Crippen LogP contribution in [0.4, 0.5) is 0 Å². The minimum Gasteiger partial charge on any atom is -0.395 e. The summed E-state index contributed by atoms with van der Waals surface area (Å²) in [7, 11) is 0. The molecular formula is C17H21NO3. The van der Waals surface area contributed by atoms with Gasteiger partial charge in [-0.2, -0.15) is 0 Å². The molecule has 2 N–H and O–H groups in total. The van der Waals surface area contributed by atoms with Crippen LogP contribution in [0.15, 0.2) is 24.3 Å². The molecule has 0 bridgehead atoms. The Morgan fingerprint density at radius 2 is 2.38 bits per heavy atom. The smallest absolute Gasteiger partial charge is 0.251 e. The number of hydrogen-bond donors (Lipinski definition) is 2. The lowest BCUT2D eigenvalue weighted by molar-refractivity contribution is 0.0536. The first-order chi connectivity index (χ1) is 10.3. The lowest BCUT2D eigenvalue weighted by atomic mass is 10.0. The Morgan fingerprint density at radius 3 is 3.14 bits per heavy atom. The van der Waals surface area contributed by atoms with Crippen molar-refractivity contribution < 1.29 is 14.6 Å². The van der Waals surface area contributed by atoms with E-state index in [4.69, 9.17) is 9.84 Å². The summed E-state index contributed by atoms with van der Waals surface area (Å²) < 4.78 is 5.40. The fourth-order valence-corrected chi connectivity index (χ4v) is 2.27. The standard InChI is InChI=1S/C17H21NO3/c19-9-2-1-5-14-6-3-8-16(11-14)17(20)18-12-15-7-4-10-21-13-15/h3,6,8,11,15,19H,2,4,7,9-10,12-13H2,(H,18,20). The van der Waals surface area contributed by atoms with Gasteiger partial charge in [0.2, 0.25) is 0 Å². The molecule has 1 heterocycles. The molecule has 1 aromatic rings. The molecular weight excluding hydrogens is 266 g/mol. The lowest BCUT2D eigenvalue weighted by Gasteiger charge is -2.22. The van der Waals surface area contributed by atoms with E-state index in [9.17, 15) is 4.79 Å². The summed E-state index contributed by atoms with van der Waals surface area (Å²) in [4.78, 5) is 12.1. The summed E-state index contributed by atoms with van der Waals surface area (Å²) in [6.45, 7) is 2.27. The third kappa shape index (κ3) is 5.22. The van der Waals surface area contributed by atoms with Crippen LogP contribution >= 0.6 is 0 Å². The van der Waals surface area contributed by atoms with Gasteiger partial charge in [-0.3, -0.25) is 4.79 Å². The van der Waals surface area contributed by atoms with E-state index < -0.39 is 0 Å². The number of aliphatic hydroxyl groups excluding tert-OH is 1. The minimum absolute atomic E-state index is 0.0522. The van der Waals surface area contributed by atoms with Crippen LogP contribution in [0, 0.1) is 17.8 Å². The number of amides is 1. The van der Waals surface area contributed by atoms with Crippen molar-refractivity contribution in [2.24, 2.45) is 5.92 Å². The fourth-order valence-electron chi connectivity index (χ4n) is 2.27. The van der Waals surface area contributed by atoms with E-state index in [1.807, 2.05) is 12.1 Å². The number of rotatable bonds is 4. The van der Waals surface area contributed by atoms with Crippen LogP contribution in [-0.4, -0.2) is 37.4 Å². The summed E-state index contributed by atoms with van der Waals surface area (Å²) >= 11 is 0. The van der Waals surface area contributed by atoms with Gasteiger partial charge >= 0.3 is 0 Å². The van der Waals surface area contributed by atoms with Crippen LogP contribution in [-0.2, 0) is 4.74 Å². The summed E-state index contributed by atoms with van der Waals surface area (Å²) in [6, 6.07) is 7.23. The maximum atomic E-state index is 12.1. The van der Waals surface area contributed by atoms with Gasteiger partial charge in [-0.1, -0.05) is 17.9 Å². The molecule has 4 nitrogen and oxygen atoms in total. The first-order valence-corrected chi connectivity index (χ1v) is 7.35. The minimum atomic E-state index is -0.0774. The first-order valence-electron chi connectivity index (χ1n) is 7.35. The molecule has 1 amide bonds. The second kappa shape index (κ2) is 8.46. The molecule has 1 unspecified atom stereocenters. The summed E-state index contributed by atoms with van der Waals surface area (Å²) in [5.41, 5.74) is 1.40. The zero-order valence-corrected chi connectivity index (χ0v) is 12.1. The van der Waals surface area contributed by atoms with E-state index >= 15 is 0 Å². The Labute approximate surface area is 125 Å². The molecule has 0 spiro atoms. The molecule has 4 heteroatoms. The number of carbonyl (C=O) groups is 1. The van der Waals surface area contributed by atoms with Crippen LogP contribution in [0.25, 0.3) is 0 Å². The Balaban J connectivity index is 1.89. The molecule has 1 aromatic carbocycles. The van der Waals surface area contributed by atoms with Gasteiger partial charge in [-0.05, 0) is 37.0 Å². The van der Waals surface area contributed by atoms with Gasteiger partial charge in [-0.25, -0.2) is 0 Å². The molecule has 0 aliphatic carbocycles. The van der Waals surface area contributed by atoms with Gasteiger partial charge < -0.3 is 15.2 Å². The van der Waals surface area contributed by atoms with Gasteiger partial charge in [0, 0.05) is 30.7 Å².